The van der Waals surface area contributed by atoms with Crippen LogP contribution in [-0.2, 0) is 6.42 Å². The molecule has 0 saturated heterocycles. The third kappa shape index (κ3) is 5.14. The van der Waals surface area contributed by atoms with Crippen LogP contribution >= 0.6 is 11.6 Å². The molecule has 2 heterocycles. The average molecular weight is 433 g/mol. The maximum absolute atomic E-state index is 14.0. The Morgan fingerprint density at radius 2 is 1.69 bits per heavy atom. The molecule has 0 atom stereocenters. The number of hydrogen-bond donors (Lipinski definition) is 1. The van der Waals surface area contributed by atoms with Crippen LogP contribution in [0.4, 0.5) is 32.2 Å². The van der Waals surface area contributed by atoms with E-state index in [1.165, 1.54) is 12.4 Å². The van der Waals surface area contributed by atoms with E-state index < -0.39 is 42.2 Å². The van der Waals surface area contributed by atoms with Crippen molar-refractivity contribution in [3.05, 3.63) is 70.4 Å². The van der Waals surface area contributed by atoms with Gasteiger partial charge in [0.05, 0.1) is 0 Å². The van der Waals surface area contributed by atoms with Gasteiger partial charge in [-0.2, -0.15) is 13.2 Å². The fourth-order valence-corrected chi connectivity index (χ4v) is 2.72. The van der Waals surface area contributed by atoms with Crippen LogP contribution in [0.15, 0.2) is 36.7 Å². The maximum atomic E-state index is 14.0. The number of aromatic nitrogens is 3. The van der Waals surface area contributed by atoms with Gasteiger partial charge in [0.1, 0.15) is 35.0 Å². The number of benzene rings is 1. The maximum Gasteiger partial charge on any atom is 0.405 e. The Bertz CT molecular complexity index is 1000. The molecule has 29 heavy (non-hydrogen) atoms. The highest BCUT2D eigenvalue weighted by Gasteiger charge is 2.28. The molecule has 0 fully saturated rings. The first-order valence-electron chi connectivity index (χ1n) is 8.05. The normalized spacial score (nSPS) is 11.6. The van der Waals surface area contributed by atoms with Crippen molar-refractivity contribution in [1.82, 2.24) is 15.0 Å². The van der Waals surface area contributed by atoms with Crippen LogP contribution in [0.25, 0.3) is 11.4 Å². The largest absolute Gasteiger partial charge is 0.405 e. The number of nitrogens with one attached hydrogen (secondary N) is 1. The molecule has 0 spiro atoms. The quantitative estimate of drug-likeness (QED) is 0.446. The Hall–Kier alpha value is -2.88. The molecular formula is C18H11ClF6N4. The van der Waals surface area contributed by atoms with Crippen molar-refractivity contribution in [3.63, 3.8) is 0 Å². The third-order valence-electron chi connectivity index (χ3n) is 3.79. The van der Waals surface area contributed by atoms with Gasteiger partial charge in [-0.05, 0) is 12.1 Å². The average Bonchev–Trinajstić information content (AvgIpc) is 2.64. The van der Waals surface area contributed by atoms with E-state index in [4.69, 9.17) is 11.6 Å². The lowest BCUT2D eigenvalue weighted by molar-refractivity contribution is -0.115. The monoisotopic (exact) mass is 432 g/mol. The van der Waals surface area contributed by atoms with Crippen LogP contribution in [0.5, 0.6) is 0 Å². The van der Waals surface area contributed by atoms with E-state index in [9.17, 15) is 26.3 Å². The van der Waals surface area contributed by atoms with Gasteiger partial charge in [-0.15, -0.1) is 0 Å². The number of halogens is 7. The highest BCUT2D eigenvalue weighted by Crippen LogP contribution is 2.30. The summed E-state index contributed by atoms with van der Waals surface area (Å²) in [5.41, 5.74) is -0.385. The van der Waals surface area contributed by atoms with Crippen LogP contribution in [0, 0.1) is 17.5 Å². The van der Waals surface area contributed by atoms with E-state index >= 15 is 0 Å². The van der Waals surface area contributed by atoms with Crippen molar-refractivity contribution < 1.29 is 26.3 Å². The molecule has 0 unspecified atom stereocenters. The van der Waals surface area contributed by atoms with E-state index in [1.807, 2.05) is 0 Å². The van der Waals surface area contributed by atoms with Crippen molar-refractivity contribution in [1.29, 1.82) is 0 Å². The zero-order valence-electron chi connectivity index (χ0n) is 14.4. The molecule has 0 amide bonds. The zero-order chi connectivity index (χ0) is 21.2. The molecule has 3 rings (SSSR count). The second kappa shape index (κ2) is 8.24. The predicted molar refractivity (Wildman–Crippen MR) is 93.9 cm³/mol. The SMILES string of the molecule is Fc1cc(F)c(Cc2c(Cl)nc(-c3cccnc3)nc2NCC(F)(F)F)c(F)c1. The van der Waals surface area contributed by atoms with Crippen LogP contribution in [0.3, 0.4) is 0 Å². The van der Waals surface area contributed by atoms with Crippen molar-refractivity contribution in [3.8, 4) is 11.4 Å². The second-order valence-electron chi connectivity index (χ2n) is 5.90. The minimum atomic E-state index is -4.59. The number of rotatable bonds is 5. The Morgan fingerprint density at radius 1 is 1.00 bits per heavy atom. The summed E-state index contributed by atoms with van der Waals surface area (Å²) in [4.78, 5) is 11.9. The van der Waals surface area contributed by atoms with Crippen LogP contribution < -0.4 is 5.32 Å². The van der Waals surface area contributed by atoms with Gasteiger partial charge in [-0.25, -0.2) is 23.1 Å². The molecule has 0 aliphatic heterocycles. The molecule has 2 aromatic heterocycles. The molecule has 0 aliphatic carbocycles. The number of alkyl halides is 3. The van der Waals surface area contributed by atoms with Gasteiger partial charge in [0, 0.05) is 47.6 Å². The fourth-order valence-electron chi connectivity index (χ4n) is 2.49. The van der Waals surface area contributed by atoms with Crippen molar-refractivity contribution in [2.24, 2.45) is 0 Å². The summed E-state index contributed by atoms with van der Waals surface area (Å²) < 4.78 is 79.2. The first-order chi connectivity index (χ1) is 13.6. The van der Waals surface area contributed by atoms with Crippen LogP contribution in [-0.4, -0.2) is 27.7 Å². The molecule has 0 radical (unpaired) electrons. The first-order valence-corrected chi connectivity index (χ1v) is 8.42. The molecule has 4 nitrogen and oxygen atoms in total. The summed E-state index contributed by atoms with van der Waals surface area (Å²) in [5.74, 6) is -3.94. The number of pyridine rings is 1. The fraction of sp³-hybridized carbons (Fsp3) is 0.167. The summed E-state index contributed by atoms with van der Waals surface area (Å²) in [6, 6.07) is 4.04. The van der Waals surface area contributed by atoms with E-state index in [0.29, 0.717) is 17.7 Å². The summed E-state index contributed by atoms with van der Waals surface area (Å²) in [5, 5.41) is 1.76. The van der Waals surface area contributed by atoms with E-state index in [-0.39, 0.29) is 22.4 Å². The number of hydrogen-bond acceptors (Lipinski definition) is 4. The summed E-state index contributed by atoms with van der Waals surface area (Å²) in [6.45, 7) is -1.46. The summed E-state index contributed by atoms with van der Waals surface area (Å²) in [7, 11) is 0. The Morgan fingerprint density at radius 3 is 2.28 bits per heavy atom. The number of anilines is 1. The first kappa shape index (κ1) is 20.8. The molecule has 1 aromatic carbocycles. The highest BCUT2D eigenvalue weighted by molar-refractivity contribution is 6.30. The number of nitrogens with zero attached hydrogens (tertiary/aromatic N) is 3. The molecule has 0 saturated carbocycles. The summed E-state index contributed by atoms with van der Waals surface area (Å²) >= 11 is 6.11. The molecule has 1 N–H and O–H groups in total. The lowest BCUT2D eigenvalue weighted by atomic mass is 10.0. The molecular weight excluding hydrogens is 422 g/mol. The standard InChI is InChI=1S/C18H11ClF6N4/c19-15-12(6-11-13(21)4-10(20)5-14(11)22)17(27-8-18(23,24)25)29-16(28-15)9-2-1-3-26-7-9/h1-5,7H,6,8H2,(H,27,28,29). The minimum absolute atomic E-state index is 0.0309. The molecule has 152 valence electrons. The van der Waals surface area contributed by atoms with Gasteiger partial charge >= 0.3 is 6.18 Å². The molecule has 0 bridgehead atoms. The zero-order valence-corrected chi connectivity index (χ0v) is 15.1. The van der Waals surface area contributed by atoms with Gasteiger partial charge in [0.25, 0.3) is 0 Å². The smallest absolute Gasteiger partial charge is 0.361 e. The van der Waals surface area contributed by atoms with Crippen LogP contribution in [0.1, 0.15) is 11.1 Å². The van der Waals surface area contributed by atoms with Crippen molar-refractivity contribution in [2.45, 2.75) is 12.6 Å². The third-order valence-corrected chi connectivity index (χ3v) is 4.10. The molecule has 3 aromatic rings. The van der Waals surface area contributed by atoms with Gasteiger partial charge < -0.3 is 5.32 Å². The van der Waals surface area contributed by atoms with Crippen molar-refractivity contribution >= 4 is 17.4 Å². The Kier molecular flexibility index (Phi) is 5.92. The van der Waals surface area contributed by atoms with Crippen molar-refractivity contribution in [2.75, 3.05) is 11.9 Å². The van der Waals surface area contributed by atoms with Crippen LogP contribution in [0.2, 0.25) is 5.15 Å². The molecule has 0 aliphatic rings. The minimum Gasteiger partial charge on any atom is -0.361 e. The second-order valence-corrected chi connectivity index (χ2v) is 6.26. The van der Waals surface area contributed by atoms with E-state index in [2.05, 4.69) is 20.3 Å². The summed E-state index contributed by atoms with van der Waals surface area (Å²) in [6.07, 6.45) is -2.33. The lowest BCUT2D eigenvalue weighted by Crippen LogP contribution is -2.23. The van der Waals surface area contributed by atoms with Gasteiger partial charge in [-0.1, -0.05) is 11.6 Å². The Balaban J connectivity index is 2.07. The lowest BCUT2D eigenvalue weighted by Gasteiger charge is -2.16. The molecule has 11 heteroatoms. The van der Waals surface area contributed by atoms with E-state index in [1.54, 1.807) is 12.1 Å². The van der Waals surface area contributed by atoms with Gasteiger partial charge in [-0.3, -0.25) is 4.98 Å². The van der Waals surface area contributed by atoms with Gasteiger partial charge in [0.2, 0.25) is 0 Å². The Labute approximate surface area is 165 Å². The topological polar surface area (TPSA) is 50.7 Å². The predicted octanol–water partition coefficient (Wildman–Crippen LogP) is 5.17. The van der Waals surface area contributed by atoms with Gasteiger partial charge in [0.15, 0.2) is 5.82 Å². The van der Waals surface area contributed by atoms with E-state index in [0.717, 1.165) is 0 Å². The highest BCUT2D eigenvalue weighted by atomic mass is 35.5.